The molecular weight excluding hydrogens is 363 g/mol. The van der Waals surface area contributed by atoms with Gasteiger partial charge in [-0.05, 0) is 35.4 Å². The summed E-state index contributed by atoms with van der Waals surface area (Å²) in [5.41, 5.74) is 1.76. The first-order valence-corrected chi connectivity index (χ1v) is 9.18. The molecule has 3 aromatic carbocycles. The van der Waals surface area contributed by atoms with E-state index in [4.69, 9.17) is 4.74 Å². The van der Waals surface area contributed by atoms with Crippen LogP contribution in [0, 0.1) is 0 Å². The molecule has 28 heavy (non-hydrogen) atoms. The van der Waals surface area contributed by atoms with Crippen LogP contribution in [0.1, 0.15) is 22.7 Å². The van der Waals surface area contributed by atoms with E-state index in [1.807, 2.05) is 36.4 Å². The highest BCUT2D eigenvalue weighted by Crippen LogP contribution is 2.34. The molecular formula is C23H20F3NO. The molecule has 4 rings (SSSR count). The summed E-state index contributed by atoms with van der Waals surface area (Å²) in [4.78, 5) is 2.32. The van der Waals surface area contributed by atoms with Gasteiger partial charge in [-0.3, -0.25) is 4.90 Å². The van der Waals surface area contributed by atoms with Crippen molar-refractivity contribution in [3.05, 3.63) is 102 Å². The highest BCUT2D eigenvalue weighted by molar-refractivity contribution is 5.33. The molecule has 2 nitrogen and oxygen atoms in total. The number of nitrogens with zero attached hydrogens (tertiary/aromatic N) is 1. The van der Waals surface area contributed by atoms with Crippen molar-refractivity contribution in [1.82, 2.24) is 4.90 Å². The lowest BCUT2D eigenvalue weighted by atomic mass is 9.94. The molecule has 5 heteroatoms. The average Bonchev–Trinajstić information content (AvgIpc) is 2.67. The molecule has 1 aliphatic rings. The minimum Gasteiger partial charge on any atom is -0.488 e. The van der Waals surface area contributed by atoms with Gasteiger partial charge in [0, 0.05) is 13.1 Å². The van der Waals surface area contributed by atoms with Crippen LogP contribution in [-0.2, 0) is 6.18 Å². The molecule has 0 radical (unpaired) electrons. The lowest BCUT2D eigenvalue weighted by Crippen LogP contribution is -2.55. The van der Waals surface area contributed by atoms with Gasteiger partial charge >= 0.3 is 6.18 Å². The van der Waals surface area contributed by atoms with Gasteiger partial charge in [0.25, 0.3) is 0 Å². The smallest absolute Gasteiger partial charge is 0.416 e. The Labute approximate surface area is 162 Å². The van der Waals surface area contributed by atoms with E-state index in [0.29, 0.717) is 5.75 Å². The van der Waals surface area contributed by atoms with Gasteiger partial charge in [-0.15, -0.1) is 0 Å². The third kappa shape index (κ3) is 4.04. The van der Waals surface area contributed by atoms with Gasteiger partial charge in [0.1, 0.15) is 11.9 Å². The summed E-state index contributed by atoms with van der Waals surface area (Å²) in [6.07, 6.45) is -4.36. The van der Waals surface area contributed by atoms with Gasteiger partial charge in [-0.1, -0.05) is 60.7 Å². The van der Waals surface area contributed by atoms with Gasteiger partial charge in [0.15, 0.2) is 0 Å². The molecule has 0 aliphatic carbocycles. The molecule has 1 heterocycles. The van der Waals surface area contributed by atoms with Crippen LogP contribution < -0.4 is 4.74 Å². The Morgan fingerprint density at radius 2 is 1.25 bits per heavy atom. The zero-order valence-electron chi connectivity index (χ0n) is 15.1. The third-order valence-electron chi connectivity index (χ3n) is 4.96. The summed E-state index contributed by atoms with van der Waals surface area (Å²) in [7, 11) is 0. The third-order valence-corrected chi connectivity index (χ3v) is 4.96. The van der Waals surface area contributed by atoms with E-state index >= 15 is 0 Å². The highest BCUT2D eigenvalue weighted by atomic mass is 19.4. The van der Waals surface area contributed by atoms with E-state index in [2.05, 4.69) is 29.2 Å². The molecule has 144 valence electrons. The number of hydrogen-bond donors (Lipinski definition) is 0. The highest BCUT2D eigenvalue weighted by Gasteiger charge is 2.35. The molecule has 0 spiro atoms. The molecule has 0 saturated carbocycles. The Hall–Kier alpha value is -2.79. The fourth-order valence-electron chi connectivity index (χ4n) is 3.55. The normalized spacial score (nSPS) is 15.4. The van der Waals surface area contributed by atoms with Crippen LogP contribution in [0.5, 0.6) is 5.75 Å². The number of ether oxygens (including phenoxy) is 1. The maximum atomic E-state index is 12.7. The molecule has 1 aliphatic heterocycles. The van der Waals surface area contributed by atoms with E-state index in [1.165, 1.54) is 23.3 Å². The number of rotatable bonds is 5. The number of alkyl halides is 3. The second-order valence-electron chi connectivity index (χ2n) is 6.94. The van der Waals surface area contributed by atoms with Crippen LogP contribution in [0.2, 0.25) is 0 Å². The molecule has 0 amide bonds. The maximum absolute atomic E-state index is 12.7. The topological polar surface area (TPSA) is 12.5 Å². The Morgan fingerprint density at radius 3 is 1.71 bits per heavy atom. The van der Waals surface area contributed by atoms with E-state index < -0.39 is 11.7 Å². The number of likely N-dealkylation sites (tertiary alicyclic amines) is 1. The van der Waals surface area contributed by atoms with Crippen LogP contribution in [-0.4, -0.2) is 24.1 Å². The summed E-state index contributed by atoms with van der Waals surface area (Å²) in [6.45, 7) is 1.44. The van der Waals surface area contributed by atoms with Crippen molar-refractivity contribution < 1.29 is 17.9 Å². The zero-order chi connectivity index (χ0) is 19.6. The van der Waals surface area contributed by atoms with Crippen molar-refractivity contribution in [2.45, 2.75) is 18.3 Å². The van der Waals surface area contributed by atoms with E-state index in [0.717, 1.165) is 25.2 Å². The first kappa shape index (κ1) is 18.6. The minimum absolute atomic E-state index is 0.0355. The summed E-state index contributed by atoms with van der Waals surface area (Å²) >= 11 is 0. The summed E-state index contributed by atoms with van der Waals surface area (Å²) in [5, 5.41) is 0. The number of benzene rings is 3. The molecule has 0 unspecified atom stereocenters. The van der Waals surface area contributed by atoms with Crippen LogP contribution in [0.3, 0.4) is 0 Å². The van der Waals surface area contributed by atoms with Gasteiger partial charge in [0.05, 0.1) is 11.6 Å². The summed E-state index contributed by atoms with van der Waals surface area (Å²) in [5.74, 6) is 0.466. The Kier molecular flexibility index (Phi) is 5.09. The van der Waals surface area contributed by atoms with E-state index in [-0.39, 0.29) is 12.1 Å². The zero-order valence-corrected chi connectivity index (χ0v) is 15.1. The Bertz CT molecular complexity index is 849. The van der Waals surface area contributed by atoms with Crippen LogP contribution in [0.25, 0.3) is 0 Å². The molecule has 0 atom stereocenters. The SMILES string of the molecule is FC(F)(F)c1ccc(OC2CN(C(c3ccccc3)c3ccccc3)C2)cc1. The quantitative estimate of drug-likeness (QED) is 0.572. The Balaban J connectivity index is 1.44. The molecule has 1 fully saturated rings. The first-order chi connectivity index (χ1) is 13.5. The molecule has 0 N–H and O–H groups in total. The maximum Gasteiger partial charge on any atom is 0.416 e. The molecule has 0 bridgehead atoms. The second-order valence-corrected chi connectivity index (χ2v) is 6.94. The van der Waals surface area contributed by atoms with Crippen LogP contribution >= 0.6 is 0 Å². The minimum atomic E-state index is -4.33. The largest absolute Gasteiger partial charge is 0.488 e. The van der Waals surface area contributed by atoms with Gasteiger partial charge in [0.2, 0.25) is 0 Å². The van der Waals surface area contributed by atoms with Gasteiger partial charge < -0.3 is 4.74 Å². The standard InChI is InChI=1S/C23H20F3NO/c24-23(25,26)19-11-13-20(14-12-19)28-21-15-27(16-21)22(17-7-3-1-4-8-17)18-9-5-2-6-10-18/h1-14,21-22H,15-16H2. The van der Waals surface area contributed by atoms with E-state index in [1.54, 1.807) is 0 Å². The number of hydrogen-bond acceptors (Lipinski definition) is 2. The molecule has 1 saturated heterocycles. The Morgan fingerprint density at radius 1 is 0.750 bits per heavy atom. The number of halogens is 3. The predicted octanol–water partition coefficient (Wildman–Crippen LogP) is 5.56. The second kappa shape index (κ2) is 7.68. The van der Waals surface area contributed by atoms with Crippen molar-refractivity contribution in [2.24, 2.45) is 0 Å². The van der Waals surface area contributed by atoms with Gasteiger partial charge in [-0.2, -0.15) is 13.2 Å². The van der Waals surface area contributed by atoms with Crippen LogP contribution in [0.15, 0.2) is 84.9 Å². The molecule has 0 aromatic heterocycles. The van der Waals surface area contributed by atoms with Crippen molar-refractivity contribution in [2.75, 3.05) is 13.1 Å². The average molecular weight is 383 g/mol. The van der Waals surface area contributed by atoms with Crippen molar-refractivity contribution in [1.29, 1.82) is 0 Å². The predicted molar refractivity (Wildman–Crippen MR) is 102 cm³/mol. The molecule has 3 aromatic rings. The van der Waals surface area contributed by atoms with Crippen molar-refractivity contribution in [3.8, 4) is 5.75 Å². The monoisotopic (exact) mass is 383 g/mol. The van der Waals surface area contributed by atoms with Crippen molar-refractivity contribution in [3.63, 3.8) is 0 Å². The van der Waals surface area contributed by atoms with E-state index in [9.17, 15) is 13.2 Å². The lowest BCUT2D eigenvalue weighted by Gasteiger charge is -2.44. The van der Waals surface area contributed by atoms with Gasteiger partial charge in [-0.25, -0.2) is 0 Å². The lowest BCUT2D eigenvalue weighted by molar-refractivity contribution is -0.137. The van der Waals surface area contributed by atoms with Crippen molar-refractivity contribution >= 4 is 0 Å². The fourth-order valence-corrected chi connectivity index (χ4v) is 3.55. The fraction of sp³-hybridized carbons (Fsp3) is 0.217. The summed E-state index contributed by atoms with van der Waals surface area (Å²) < 4.78 is 43.9. The first-order valence-electron chi connectivity index (χ1n) is 9.18. The van der Waals surface area contributed by atoms with Crippen LogP contribution in [0.4, 0.5) is 13.2 Å². The summed E-state index contributed by atoms with van der Waals surface area (Å²) in [6, 6.07) is 25.6.